The summed E-state index contributed by atoms with van der Waals surface area (Å²) in [5.74, 6) is 0. The van der Waals surface area contributed by atoms with Crippen LogP contribution in [-0.2, 0) is 0 Å². The minimum Gasteiger partial charge on any atom is -0.398 e. The number of benzene rings is 1. The van der Waals surface area contributed by atoms with Crippen molar-refractivity contribution < 1.29 is 0 Å². The molecule has 1 heterocycles. The van der Waals surface area contributed by atoms with Crippen LogP contribution < -0.4 is 5.73 Å². The molecule has 0 fully saturated rings. The smallest absolute Gasteiger partial charge is 0.0711 e. The molecule has 56 valence electrons. The van der Waals surface area contributed by atoms with E-state index in [9.17, 15) is 0 Å². The van der Waals surface area contributed by atoms with E-state index in [1.807, 2.05) is 12.1 Å². The zero-order valence-corrected chi connectivity index (χ0v) is 8.08. The maximum Gasteiger partial charge on any atom is 0.0711 e. The second-order valence-corrected chi connectivity index (χ2v) is 4.75. The number of anilines is 1. The summed E-state index contributed by atoms with van der Waals surface area (Å²) in [4.78, 5) is 0. The SMILES string of the molecule is Nc1cccc2cc(Br)sc12. The van der Waals surface area contributed by atoms with Gasteiger partial charge in [-0.2, -0.15) is 0 Å². The monoisotopic (exact) mass is 227 g/mol. The van der Waals surface area contributed by atoms with Gasteiger partial charge < -0.3 is 5.73 Å². The number of hydrogen-bond acceptors (Lipinski definition) is 2. The molecule has 1 aromatic heterocycles. The quantitative estimate of drug-likeness (QED) is 0.688. The number of rotatable bonds is 0. The van der Waals surface area contributed by atoms with Gasteiger partial charge >= 0.3 is 0 Å². The molecule has 0 aliphatic carbocycles. The molecule has 1 aromatic carbocycles. The average molecular weight is 228 g/mol. The van der Waals surface area contributed by atoms with Gasteiger partial charge in [0, 0.05) is 5.69 Å². The van der Waals surface area contributed by atoms with Crippen LogP contribution in [0, 0.1) is 0 Å². The summed E-state index contributed by atoms with van der Waals surface area (Å²) >= 11 is 5.09. The normalized spacial score (nSPS) is 10.6. The molecule has 0 bridgehead atoms. The number of fused-ring (bicyclic) bond motifs is 1. The number of thiophene rings is 1. The summed E-state index contributed by atoms with van der Waals surface area (Å²) in [6.07, 6.45) is 0. The van der Waals surface area contributed by atoms with Crippen LogP contribution in [0.5, 0.6) is 0 Å². The lowest BCUT2D eigenvalue weighted by Gasteiger charge is -1.91. The van der Waals surface area contributed by atoms with Gasteiger partial charge in [0.15, 0.2) is 0 Å². The molecule has 0 aliphatic heterocycles. The van der Waals surface area contributed by atoms with Crippen molar-refractivity contribution in [2.75, 3.05) is 5.73 Å². The van der Waals surface area contributed by atoms with E-state index < -0.39 is 0 Å². The molecule has 0 amide bonds. The minimum atomic E-state index is 0.859. The van der Waals surface area contributed by atoms with Crippen LogP contribution in [-0.4, -0.2) is 0 Å². The molecular formula is C8H6BrNS. The van der Waals surface area contributed by atoms with Crippen molar-refractivity contribution in [3.63, 3.8) is 0 Å². The lowest BCUT2D eigenvalue weighted by molar-refractivity contribution is 1.81. The Bertz CT molecular complexity index is 394. The third-order valence-corrected chi connectivity index (χ3v) is 3.25. The van der Waals surface area contributed by atoms with Crippen molar-refractivity contribution in [3.8, 4) is 0 Å². The Morgan fingerprint density at radius 3 is 2.91 bits per heavy atom. The number of nitrogen functional groups attached to an aromatic ring is 1. The van der Waals surface area contributed by atoms with Gasteiger partial charge in [0.25, 0.3) is 0 Å². The van der Waals surface area contributed by atoms with Crippen molar-refractivity contribution >= 4 is 43.0 Å². The van der Waals surface area contributed by atoms with E-state index in [0.717, 1.165) is 9.47 Å². The van der Waals surface area contributed by atoms with Crippen LogP contribution in [0.15, 0.2) is 28.1 Å². The molecule has 2 N–H and O–H groups in total. The Morgan fingerprint density at radius 1 is 1.36 bits per heavy atom. The topological polar surface area (TPSA) is 26.0 Å². The molecule has 0 saturated carbocycles. The lowest BCUT2D eigenvalue weighted by atomic mass is 10.2. The molecule has 0 radical (unpaired) electrons. The summed E-state index contributed by atoms with van der Waals surface area (Å²) in [6.45, 7) is 0. The van der Waals surface area contributed by atoms with E-state index in [1.54, 1.807) is 11.3 Å². The second kappa shape index (κ2) is 2.50. The standard InChI is InChI=1S/C8H6BrNS/c9-7-4-5-2-1-3-6(10)8(5)11-7/h1-4H,10H2. The van der Waals surface area contributed by atoms with Crippen LogP contribution in [0.3, 0.4) is 0 Å². The Kier molecular flexibility index (Phi) is 1.62. The average Bonchev–Trinajstić information content (AvgIpc) is 2.31. The van der Waals surface area contributed by atoms with E-state index >= 15 is 0 Å². The Hall–Kier alpha value is -0.540. The molecule has 0 saturated heterocycles. The van der Waals surface area contributed by atoms with Crippen LogP contribution in [0.4, 0.5) is 5.69 Å². The van der Waals surface area contributed by atoms with Gasteiger partial charge in [0.05, 0.1) is 8.49 Å². The highest BCUT2D eigenvalue weighted by atomic mass is 79.9. The van der Waals surface area contributed by atoms with Gasteiger partial charge in [-0.1, -0.05) is 12.1 Å². The van der Waals surface area contributed by atoms with Crippen LogP contribution in [0.25, 0.3) is 10.1 Å². The predicted octanol–water partition coefficient (Wildman–Crippen LogP) is 3.25. The fraction of sp³-hybridized carbons (Fsp3) is 0. The van der Waals surface area contributed by atoms with Crippen LogP contribution in [0.2, 0.25) is 0 Å². The van der Waals surface area contributed by atoms with E-state index in [4.69, 9.17) is 5.73 Å². The highest BCUT2D eigenvalue weighted by molar-refractivity contribution is 9.11. The van der Waals surface area contributed by atoms with Gasteiger partial charge in [-0.3, -0.25) is 0 Å². The summed E-state index contributed by atoms with van der Waals surface area (Å²) in [5, 5.41) is 1.21. The highest BCUT2D eigenvalue weighted by Crippen LogP contribution is 2.33. The van der Waals surface area contributed by atoms with Crippen LogP contribution in [0.1, 0.15) is 0 Å². The fourth-order valence-corrected chi connectivity index (χ4v) is 2.60. The third-order valence-electron chi connectivity index (χ3n) is 1.54. The molecule has 11 heavy (non-hydrogen) atoms. The lowest BCUT2D eigenvalue weighted by Crippen LogP contribution is -1.81. The zero-order valence-electron chi connectivity index (χ0n) is 5.67. The molecule has 2 aromatic rings. The maximum atomic E-state index is 5.76. The predicted molar refractivity (Wildman–Crippen MR) is 53.9 cm³/mol. The molecule has 0 atom stereocenters. The summed E-state index contributed by atoms with van der Waals surface area (Å²) in [7, 11) is 0. The van der Waals surface area contributed by atoms with Gasteiger partial charge in [-0.05, 0) is 33.4 Å². The molecule has 3 heteroatoms. The molecule has 2 rings (SSSR count). The van der Waals surface area contributed by atoms with Gasteiger partial charge in [0.1, 0.15) is 0 Å². The number of hydrogen-bond donors (Lipinski definition) is 1. The van der Waals surface area contributed by atoms with Crippen molar-refractivity contribution in [2.45, 2.75) is 0 Å². The van der Waals surface area contributed by atoms with E-state index in [1.165, 1.54) is 10.1 Å². The first-order valence-corrected chi connectivity index (χ1v) is 4.82. The molecule has 1 nitrogen and oxygen atoms in total. The van der Waals surface area contributed by atoms with Crippen LogP contribution >= 0.6 is 27.3 Å². The Balaban J connectivity index is 2.90. The van der Waals surface area contributed by atoms with Crippen molar-refractivity contribution in [3.05, 3.63) is 28.1 Å². The second-order valence-electron chi connectivity index (χ2n) is 2.32. The van der Waals surface area contributed by atoms with Crippen molar-refractivity contribution in [1.29, 1.82) is 0 Å². The Labute approximate surface area is 77.0 Å². The Morgan fingerprint density at radius 2 is 2.18 bits per heavy atom. The maximum absolute atomic E-state index is 5.76. The first kappa shape index (κ1) is 7.13. The minimum absolute atomic E-state index is 0.859. The highest BCUT2D eigenvalue weighted by Gasteiger charge is 2.00. The summed E-state index contributed by atoms with van der Waals surface area (Å²) < 4.78 is 2.30. The fourth-order valence-electron chi connectivity index (χ4n) is 1.05. The van der Waals surface area contributed by atoms with E-state index in [-0.39, 0.29) is 0 Å². The molecule has 0 aliphatic rings. The van der Waals surface area contributed by atoms with Gasteiger partial charge in [-0.15, -0.1) is 11.3 Å². The summed E-state index contributed by atoms with van der Waals surface area (Å²) in [5.41, 5.74) is 6.62. The molecule has 0 spiro atoms. The summed E-state index contributed by atoms with van der Waals surface area (Å²) in [6, 6.07) is 8.03. The largest absolute Gasteiger partial charge is 0.398 e. The van der Waals surface area contributed by atoms with Crippen molar-refractivity contribution in [2.24, 2.45) is 0 Å². The first-order chi connectivity index (χ1) is 5.27. The zero-order chi connectivity index (χ0) is 7.84. The van der Waals surface area contributed by atoms with Gasteiger partial charge in [-0.25, -0.2) is 0 Å². The molecular weight excluding hydrogens is 222 g/mol. The number of halogens is 1. The van der Waals surface area contributed by atoms with E-state index in [0.29, 0.717) is 0 Å². The molecule has 0 unspecified atom stereocenters. The van der Waals surface area contributed by atoms with E-state index in [2.05, 4.69) is 28.1 Å². The first-order valence-electron chi connectivity index (χ1n) is 3.21. The number of nitrogens with two attached hydrogens (primary N) is 1. The third kappa shape index (κ3) is 1.14. The van der Waals surface area contributed by atoms with Crippen molar-refractivity contribution in [1.82, 2.24) is 0 Å². The van der Waals surface area contributed by atoms with Gasteiger partial charge in [0.2, 0.25) is 0 Å².